The molecule has 2 aromatic heterocycles. The Hall–Kier alpha value is -12.3. The zero-order valence-electron chi connectivity index (χ0n) is 51.1. The number of benzene rings is 15. The van der Waals surface area contributed by atoms with Crippen molar-refractivity contribution in [3.8, 4) is 22.3 Å². The molecule has 0 spiro atoms. The smallest absolute Gasteiger partial charge is 0.333 e. The van der Waals surface area contributed by atoms with Gasteiger partial charge in [0.2, 0.25) is 0 Å². The monoisotopic (exact) mass is 1190 g/mol. The Labute approximate surface area is 545 Å². The molecule has 17 aromatic rings. The maximum absolute atomic E-state index is 4.37. The Balaban J connectivity index is 1.02. The van der Waals surface area contributed by atoms with Crippen molar-refractivity contribution in [2.75, 3.05) is 19.6 Å². The van der Waals surface area contributed by atoms with Gasteiger partial charge in [0.1, 0.15) is 0 Å². The summed E-state index contributed by atoms with van der Waals surface area (Å²) in [6, 6.07) is 121. The molecule has 0 fully saturated rings. The Morgan fingerprint density at radius 2 is 0.798 bits per heavy atom. The van der Waals surface area contributed by atoms with Gasteiger partial charge in [-0.3, -0.25) is 0 Å². The van der Waals surface area contributed by atoms with E-state index in [-0.39, 0.29) is 6.85 Å². The molecule has 94 heavy (non-hydrogen) atoms. The van der Waals surface area contributed by atoms with Crippen LogP contribution in [0.4, 0.5) is 68.2 Å². The highest BCUT2D eigenvalue weighted by Gasteiger charge is 2.45. The summed E-state index contributed by atoms with van der Waals surface area (Å²) >= 11 is 0. The molecule has 0 bridgehead atoms. The van der Waals surface area contributed by atoms with Crippen molar-refractivity contribution in [2.24, 2.45) is 0 Å². The Morgan fingerprint density at radius 1 is 0.340 bits per heavy atom. The average molecular weight is 1190 g/mol. The van der Waals surface area contributed by atoms with E-state index in [1.165, 1.54) is 76.2 Å². The maximum Gasteiger partial charge on any atom is 0.333 e. The fraction of sp³-hybridized carbons (Fsp3) is 0. The van der Waals surface area contributed by atoms with Crippen LogP contribution >= 0.6 is 0 Å². The first-order chi connectivity index (χ1) is 46.7. The van der Waals surface area contributed by atoms with E-state index < -0.39 is 0 Å². The molecule has 15 aromatic carbocycles. The summed E-state index contributed by atoms with van der Waals surface area (Å²) in [6.07, 6.45) is 0. The van der Waals surface area contributed by atoms with Crippen molar-refractivity contribution in [1.82, 2.24) is 9.46 Å². The van der Waals surface area contributed by atoms with E-state index in [9.17, 15) is 0 Å². The lowest BCUT2D eigenvalue weighted by molar-refractivity contribution is 1.24. The number of nitrogens with zero attached hydrogens (tertiary/aromatic N) is 5. The average Bonchev–Trinajstić information content (AvgIpc) is 1.44. The number of nitrogens with one attached hydrogen (secondary N) is 1. The third kappa shape index (κ3) is 7.80. The van der Waals surface area contributed by atoms with Crippen LogP contribution in [-0.4, -0.2) is 23.6 Å². The molecule has 20 rings (SSSR count). The van der Waals surface area contributed by atoms with Gasteiger partial charge in [-0.05, 0) is 183 Å². The molecule has 0 unspecified atom stereocenters. The normalized spacial score (nSPS) is 12.7. The SMILES string of the molecule is [B]1c2ccccc2N(c2ccccc2)c2cc(N(c3ccccc3)c3ccccc3)cc(-c3c4[nH]c5cc6ccccc6cc5c4c4c5c3c3cc6ccccc6cc3n5B3c5ccccc5N(c5ccccc5)c5cc(N(c6ccccc6)c6ccccc6)cc-4c53)c21. The van der Waals surface area contributed by atoms with Crippen LogP contribution in [0, 0.1) is 0 Å². The van der Waals surface area contributed by atoms with Crippen LogP contribution in [0.5, 0.6) is 0 Å². The van der Waals surface area contributed by atoms with Gasteiger partial charge in [0.25, 0.3) is 0 Å². The quantitative estimate of drug-likeness (QED) is 0.146. The minimum absolute atomic E-state index is 0.249. The third-order valence-electron chi connectivity index (χ3n) is 19.9. The van der Waals surface area contributed by atoms with Crippen LogP contribution in [-0.2, 0) is 0 Å². The lowest BCUT2D eigenvalue weighted by Gasteiger charge is -2.41. The summed E-state index contributed by atoms with van der Waals surface area (Å²) in [5.41, 5.74) is 27.1. The molecule has 5 heterocycles. The van der Waals surface area contributed by atoms with Crippen molar-refractivity contribution in [3.05, 3.63) is 328 Å². The van der Waals surface area contributed by atoms with Crippen LogP contribution in [0.1, 0.15) is 0 Å². The molecule has 0 saturated heterocycles. The fourth-order valence-corrected chi connectivity index (χ4v) is 16.1. The highest BCUT2D eigenvalue weighted by Crippen LogP contribution is 2.56. The van der Waals surface area contributed by atoms with Gasteiger partial charge in [0.15, 0.2) is 7.28 Å². The molecule has 3 aliphatic rings. The lowest BCUT2D eigenvalue weighted by atomic mass is 9.45. The van der Waals surface area contributed by atoms with Crippen LogP contribution in [0.2, 0.25) is 0 Å². The molecule has 0 aliphatic carbocycles. The van der Waals surface area contributed by atoms with E-state index in [1.54, 1.807) is 0 Å². The van der Waals surface area contributed by atoms with Gasteiger partial charge in [0, 0.05) is 117 Å². The van der Waals surface area contributed by atoms with Gasteiger partial charge >= 0.3 is 6.85 Å². The number of para-hydroxylation sites is 8. The lowest BCUT2D eigenvalue weighted by Crippen LogP contribution is -2.56. The molecule has 8 heteroatoms. The first-order valence-electron chi connectivity index (χ1n) is 32.4. The summed E-state index contributed by atoms with van der Waals surface area (Å²) in [7, 11) is 2.47. The van der Waals surface area contributed by atoms with E-state index in [1.807, 2.05) is 0 Å². The molecular formula is C86H55B2N6. The van der Waals surface area contributed by atoms with Gasteiger partial charge in [-0.2, -0.15) is 0 Å². The number of H-pyrrole nitrogens is 1. The molecule has 6 nitrogen and oxygen atoms in total. The van der Waals surface area contributed by atoms with Crippen molar-refractivity contribution < 1.29 is 0 Å². The molecule has 3 aliphatic heterocycles. The second-order valence-electron chi connectivity index (χ2n) is 25.1. The zero-order chi connectivity index (χ0) is 61.5. The van der Waals surface area contributed by atoms with Crippen LogP contribution in [0.25, 0.3) is 87.4 Å². The van der Waals surface area contributed by atoms with Gasteiger partial charge in [-0.25, -0.2) is 0 Å². The van der Waals surface area contributed by atoms with E-state index >= 15 is 0 Å². The molecular weight excluding hydrogens is 1140 g/mol. The van der Waals surface area contributed by atoms with Crippen molar-refractivity contribution in [3.63, 3.8) is 0 Å². The number of fused-ring (bicyclic) bond motifs is 15. The minimum atomic E-state index is -0.249. The van der Waals surface area contributed by atoms with E-state index in [2.05, 4.69) is 364 Å². The number of hydrogen-bond acceptors (Lipinski definition) is 4. The molecule has 435 valence electrons. The Morgan fingerprint density at radius 3 is 1.38 bits per heavy atom. The Bertz CT molecular complexity index is 5840. The van der Waals surface area contributed by atoms with Gasteiger partial charge < -0.3 is 29.1 Å². The molecule has 1 radical (unpaired) electrons. The second kappa shape index (κ2) is 20.6. The molecule has 0 amide bonds. The maximum atomic E-state index is 4.37. The second-order valence-corrected chi connectivity index (χ2v) is 25.1. The largest absolute Gasteiger partial charge is 0.375 e. The van der Waals surface area contributed by atoms with E-state index in [4.69, 9.17) is 0 Å². The third-order valence-corrected chi connectivity index (χ3v) is 19.9. The number of hydrogen-bond donors (Lipinski definition) is 1. The zero-order valence-corrected chi connectivity index (χ0v) is 51.1. The van der Waals surface area contributed by atoms with Crippen LogP contribution < -0.4 is 41.5 Å². The molecule has 0 saturated carbocycles. The minimum Gasteiger partial charge on any atom is -0.375 e. The van der Waals surface area contributed by atoms with E-state index in [0.29, 0.717) is 0 Å². The molecule has 0 atom stereocenters. The summed E-state index contributed by atoms with van der Waals surface area (Å²) in [5.74, 6) is 0. The number of aromatic nitrogens is 2. The van der Waals surface area contributed by atoms with Crippen LogP contribution in [0.3, 0.4) is 0 Å². The topological polar surface area (TPSA) is 33.7 Å². The summed E-state index contributed by atoms with van der Waals surface area (Å²) < 4.78 is 2.78. The van der Waals surface area contributed by atoms with Gasteiger partial charge in [0.05, 0.1) is 5.52 Å². The summed E-state index contributed by atoms with van der Waals surface area (Å²) in [5, 5.41) is 9.51. The van der Waals surface area contributed by atoms with Gasteiger partial charge in [-0.1, -0.05) is 200 Å². The van der Waals surface area contributed by atoms with E-state index in [0.717, 1.165) is 101 Å². The first-order valence-corrected chi connectivity index (χ1v) is 32.4. The number of anilines is 12. The number of aromatic amines is 1. The Kier molecular flexibility index (Phi) is 11.5. The standard InChI is InChI=1S/C86H55B2N6/c1-7-31-59(32-8-1)90(60-33-9-2-10-34-60)65-51-69(83-77(53-65)92(63-39-15-5-16-40-63)74-45-25-23-43-71(74)87-83)80-81-68-48-56-28-20-22-30-58(56)50-76(68)94-86(81)82(79-67-47-55-27-19-21-29-57(55)49-73(67)89-85(79)80)70-52-66(91(61-35-11-3-12-36-61)62-37-13-4-14-38-62)54-78-84(70)88(94)72-44-24-26-46-75(72)93(78)64-41-17-6-18-42-64/h1-54,89H. The number of rotatable bonds is 9. The van der Waals surface area contributed by atoms with Crippen molar-refractivity contribution in [1.29, 1.82) is 0 Å². The van der Waals surface area contributed by atoms with Gasteiger partial charge in [-0.15, -0.1) is 0 Å². The van der Waals surface area contributed by atoms with Crippen molar-refractivity contribution in [2.45, 2.75) is 0 Å². The molecule has 1 N–H and O–H groups in total. The van der Waals surface area contributed by atoms with Crippen molar-refractivity contribution >= 4 is 169 Å². The summed E-state index contributed by atoms with van der Waals surface area (Å²) in [6.45, 7) is -0.249. The highest BCUT2D eigenvalue weighted by molar-refractivity contribution is 6.90. The predicted octanol–water partition coefficient (Wildman–Crippen LogP) is 20.2. The first kappa shape index (κ1) is 52.5. The van der Waals surface area contributed by atoms with Crippen LogP contribution in [0.15, 0.2) is 328 Å². The predicted molar refractivity (Wildman–Crippen MR) is 399 cm³/mol. The summed E-state index contributed by atoms with van der Waals surface area (Å²) in [4.78, 5) is 14.3. The highest BCUT2D eigenvalue weighted by atomic mass is 15.2. The fourth-order valence-electron chi connectivity index (χ4n) is 16.1.